The van der Waals surface area contributed by atoms with Crippen molar-refractivity contribution in [3.8, 4) is 0 Å². The number of nitrogens with zero attached hydrogens (tertiary/aromatic N) is 1. The van der Waals surface area contributed by atoms with Gasteiger partial charge in [0.15, 0.2) is 0 Å². The van der Waals surface area contributed by atoms with Crippen molar-refractivity contribution in [2.45, 2.75) is 38.5 Å². The third-order valence-corrected chi connectivity index (χ3v) is 4.14. The Kier molecular flexibility index (Phi) is 16.4. The first kappa shape index (κ1) is 26.9. The summed E-state index contributed by atoms with van der Waals surface area (Å²) in [6.07, 6.45) is 4.37. The molecule has 0 rings (SSSR count). The van der Waals surface area contributed by atoms with Crippen LogP contribution in [0.25, 0.3) is 0 Å². The van der Waals surface area contributed by atoms with E-state index in [4.69, 9.17) is 5.11 Å². The van der Waals surface area contributed by atoms with Crippen molar-refractivity contribution >= 4 is 17.8 Å². The zero-order valence-corrected chi connectivity index (χ0v) is 15.7. The second-order valence-electron chi connectivity index (χ2n) is 6.11. The van der Waals surface area contributed by atoms with Crippen molar-refractivity contribution in [3.63, 3.8) is 0 Å². The fourth-order valence-corrected chi connectivity index (χ4v) is 2.64. The van der Waals surface area contributed by atoms with Crippen LogP contribution in [0, 0.1) is 0 Å². The van der Waals surface area contributed by atoms with Crippen LogP contribution in [0.2, 0.25) is 0 Å². The van der Waals surface area contributed by atoms with Crippen LogP contribution in [0.5, 0.6) is 0 Å². The molecule has 1 unspecified atom stereocenters. The number of carboxylic acid groups (broad SMARTS) is 2. The molecule has 0 aromatic heterocycles. The number of hydrogen-bond donors (Lipinski definition) is 3. The summed E-state index contributed by atoms with van der Waals surface area (Å²) in [7, 11) is 0. The molecular formula is C17H30LiN2O6+. The summed E-state index contributed by atoms with van der Waals surface area (Å²) in [6, 6.07) is 0. The molecule has 0 radical (unpaired) electrons. The van der Waals surface area contributed by atoms with Crippen molar-refractivity contribution in [2.24, 2.45) is 0 Å². The number of nitrogens with one attached hydrogen (secondary N) is 1. The average molecular weight is 365 g/mol. The number of carboxylic acids is 2. The number of carbonyl (C=O) groups excluding carboxylic acids is 2. The van der Waals surface area contributed by atoms with Crippen molar-refractivity contribution in [2.75, 3.05) is 39.3 Å². The average Bonchev–Trinajstić information content (AvgIpc) is 2.55. The Hall–Kier alpha value is -1.33. The molecule has 26 heavy (non-hydrogen) atoms. The van der Waals surface area contributed by atoms with E-state index < -0.39 is 11.9 Å². The van der Waals surface area contributed by atoms with Gasteiger partial charge in [0.05, 0.1) is 39.2 Å². The van der Waals surface area contributed by atoms with E-state index in [0.29, 0.717) is 19.5 Å². The summed E-state index contributed by atoms with van der Waals surface area (Å²) >= 11 is 0. The van der Waals surface area contributed by atoms with Gasteiger partial charge in [-0.3, -0.25) is 9.59 Å². The number of hydrogen-bond acceptors (Lipinski definition) is 5. The molecular weight excluding hydrogens is 335 g/mol. The van der Waals surface area contributed by atoms with Crippen LogP contribution in [0.1, 0.15) is 38.5 Å². The normalized spacial score (nSPS) is 12.5. The molecule has 0 heterocycles. The monoisotopic (exact) mass is 365 g/mol. The molecule has 8 nitrogen and oxygen atoms in total. The van der Waals surface area contributed by atoms with Crippen molar-refractivity contribution in [1.82, 2.24) is 5.32 Å². The predicted octanol–water partition coefficient (Wildman–Crippen LogP) is -3.72. The third kappa shape index (κ3) is 13.9. The van der Waals surface area contributed by atoms with Gasteiger partial charge in [-0.25, -0.2) is 0 Å². The van der Waals surface area contributed by atoms with E-state index >= 15 is 0 Å². The maximum Gasteiger partial charge on any atom is 1.00 e. The van der Waals surface area contributed by atoms with Crippen molar-refractivity contribution < 1.29 is 53.0 Å². The van der Waals surface area contributed by atoms with E-state index in [2.05, 4.69) is 11.9 Å². The van der Waals surface area contributed by atoms with Gasteiger partial charge in [-0.05, 0) is 19.3 Å². The van der Waals surface area contributed by atoms with E-state index in [9.17, 15) is 24.6 Å². The first-order chi connectivity index (χ1) is 11.8. The molecule has 1 amide bonds. The Labute approximate surface area is 167 Å². The fourth-order valence-electron chi connectivity index (χ4n) is 2.64. The Morgan fingerprint density at radius 3 is 2.23 bits per heavy atom. The number of unbranched alkanes of at least 4 members (excludes halogenated alkanes) is 2. The van der Waals surface area contributed by atoms with Gasteiger partial charge in [-0.2, -0.15) is 0 Å². The predicted molar refractivity (Wildman–Crippen MR) is 90.4 cm³/mol. The second kappa shape index (κ2) is 15.9. The van der Waals surface area contributed by atoms with E-state index in [0.717, 1.165) is 19.3 Å². The largest absolute Gasteiger partial charge is 1.00 e. The minimum Gasteiger partial charge on any atom is -0.550 e. The Bertz CT molecular complexity index is 427. The molecule has 0 spiro atoms. The molecule has 0 aliphatic heterocycles. The maximum absolute atomic E-state index is 11.8. The van der Waals surface area contributed by atoms with Crippen molar-refractivity contribution in [3.05, 3.63) is 12.7 Å². The van der Waals surface area contributed by atoms with Crippen LogP contribution in [0.3, 0.4) is 0 Å². The molecule has 0 bridgehead atoms. The summed E-state index contributed by atoms with van der Waals surface area (Å²) in [5.41, 5.74) is 0. The first-order valence-electron chi connectivity index (χ1n) is 8.60. The van der Waals surface area contributed by atoms with Gasteiger partial charge in [-0.15, -0.1) is 6.58 Å². The number of carbonyl (C=O) groups is 3. The van der Waals surface area contributed by atoms with E-state index in [-0.39, 0.29) is 68.3 Å². The van der Waals surface area contributed by atoms with Gasteiger partial charge < -0.3 is 29.9 Å². The Morgan fingerprint density at radius 1 is 1.04 bits per heavy atom. The maximum atomic E-state index is 11.8. The third-order valence-electron chi connectivity index (χ3n) is 4.14. The molecule has 0 aromatic carbocycles. The van der Waals surface area contributed by atoms with Crippen LogP contribution in [0.15, 0.2) is 12.7 Å². The number of quaternary nitrogens is 1. The zero-order chi connectivity index (χ0) is 19.1. The van der Waals surface area contributed by atoms with Gasteiger partial charge in [0.1, 0.15) is 6.54 Å². The molecule has 3 N–H and O–H groups in total. The molecule has 0 aliphatic rings. The van der Waals surface area contributed by atoms with Crippen LogP contribution < -0.4 is 29.3 Å². The molecule has 0 fully saturated rings. The number of aliphatic carboxylic acids is 2. The zero-order valence-electron chi connectivity index (χ0n) is 15.7. The van der Waals surface area contributed by atoms with Gasteiger partial charge in [-0.1, -0.05) is 6.08 Å². The van der Waals surface area contributed by atoms with Gasteiger partial charge in [0.25, 0.3) is 0 Å². The SMILES string of the molecule is C=CCCCCC(=O)NCC[N+](CCO)(CCC(=O)[O-])CCC(=O)O.[Li+]. The van der Waals surface area contributed by atoms with Gasteiger partial charge in [0, 0.05) is 18.8 Å². The minimum atomic E-state index is -1.22. The molecule has 0 saturated heterocycles. The molecule has 1 atom stereocenters. The van der Waals surface area contributed by atoms with Crippen LogP contribution in [0.4, 0.5) is 0 Å². The number of aliphatic hydroxyl groups excluding tert-OH is 1. The number of aliphatic hydroxyl groups is 1. The van der Waals surface area contributed by atoms with Crippen LogP contribution in [-0.2, 0) is 14.4 Å². The van der Waals surface area contributed by atoms with E-state index in [1.807, 2.05) is 0 Å². The van der Waals surface area contributed by atoms with Gasteiger partial charge in [0.2, 0.25) is 5.91 Å². The van der Waals surface area contributed by atoms with Crippen molar-refractivity contribution in [1.29, 1.82) is 0 Å². The first-order valence-corrected chi connectivity index (χ1v) is 8.60. The number of allylic oxidation sites excluding steroid dienone is 1. The second-order valence-corrected chi connectivity index (χ2v) is 6.11. The van der Waals surface area contributed by atoms with Crippen LogP contribution >= 0.6 is 0 Å². The number of rotatable bonds is 16. The Balaban J connectivity index is 0. The van der Waals surface area contributed by atoms with E-state index in [1.165, 1.54) is 0 Å². The number of amides is 1. The van der Waals surface area contributed by atoms with E-state index in [1.54, 1.807) is 6.08 Å². The van der Waals surface area contributed by atoms with Gasteiger partial charge >= 0.3 is 24.8 Å². The summed E-state index contributed by atoms with van der Waals surface area (Å²) in [4.78, 5) is 33.4. The fraction of sp³-hybridized carbons (Fsp3) is 0.706. The smallest absolute Gasteiger partial charge is 0.550 e. The molecule has 9 heteroatoms. The topological polar surface area (TPSA) is 127 Å². The minimum absolute atomic E-state index is 0. The quantitative estimate of drug-likeness (QED) is 0.112. The summed E-state index contributed by atoms with van der Waals surface area (Å²) in [5.74, 6) is -2.30. The Morgan fingerprint density at radius 2 is 1.69 bits per heavy atom. The molecule has 0 aliphatic carbocycles. The summed E-state index contributed by atoms with van der Waals surface area (Å²) in [6.45, 7) is 4.67. The molecule has 0 aromatic rings. The molecule has 0 saturated carbocycles. The van der Waals surface area contributed by atoms with Crippen LogP contribution in [-0.4, -0.2) is 71.9 Å². The standard InChI is InChI=1S/C17H30N2O6.Li/c1-2-3-4-5-6-15(21)18-9-12-19(13-14-20,10-7-16(22)23)11-8-17(24)25;/h2,20H,1,3-14H2,(H2-,18,21,22,23,24,25);/q;+1. The summed E-state index contributed by atoms with van der Waals surface area (Å²) in [5, 5.41) is 31.7. The summed E-state index contributed by atoms with van der Waals surface area (Å²) < 4.78 is 0.119. The molecule has 144 valence electrons.